The van der Waals surface area contributed by atoms with Crippen LogP contribution in [0.5, 0.6) is 0 Å². The lowest BCUT2D eigenvalue weighted by Gasteiger charge is -2.72. The molecule has 1 aromatic heterocycles. The molecule has 0 spiro atoms. The molecule has 2 unspecified atom stereocenters. The van der Waals surface area contributed by atoms with Crippen molar-refractivity contribution in [3.8, 4) is 0 Å². The van der Waals surface area contributed by atoms with Gasteiger partial charge in [-0.05, 0) is 43.4 Å². The summed E-state index contributed by atoms with van der Waals surface area (Å²) in [5, 5.41) is 19.1. The van der Waals surface area contributed by atoms with Crippen molar-refractivity contribution >= 4 is 35.1 Å². The lowest BCUT2D eigenvalue weighted by Crippen LogP contribution is -2.83. The number of nitrogens with zero attached hydrogens (tertiary/aromatic N) is 5. The number of hydrogen-bond acceptors (Lipinski definition) is 8. The fraction of sp³-hybridized carbons (Fsp3) is 0.483. The predicted octanol–water partition coefficient (Wildman–Crippen LogP) is 2.25. The first-order valence-corrected chi connectivity index (χ1v) is 15.0. The van der Waals surface area contributed by atoms with Crippen LogP contribution in [-0.4, -0.2) is 98.4 Å². The number of benzene rings is 1. The summed E-state index contributed by atoms with van der Waals surface area (Å²) in [6.07, 6.45) is 4.06. The predicted molar refractivity (Wildman–Crippen MR) is 152 cm³/mol. The van der Waals surface area contributed by atoms with E-state index in [2.05, 4.69) is 20.5 Å². The van der Waals surface area contributed by atoms with Gasteiger partial charge in [0, 0.05) is 62.5 Å². The Balaban J connectivity index is 1.13. The first kappa shape index (κ1) is 27.0. The first-order chi connectivity index (χ1) is 20.1. The number of halogens is 1. The van der Waals surface area contributed by atoms with Gasteiger partial charge < -0.3 is 25.5 Å². The van der Waals surface area contributed by atoms with E-state index in [1.54, 1.807) is 25.3 Å². The number of amides is 3. The van der Waals surface area contributed by atoms with E-state index in [0.717, 1.165) is 19.3 Å². The highest BCUT2D eigenvalue weighted by molar-refractivity contribution is 7.11. The second-order valence-corrected chi connectivity index (χ2v) is 13.1. The van der Waals surface area contributed by atoms with Crippen LogP contribution >= 0.6 is 11.3 Å². The molecule has 8 rings (SSSR count). The molecule has 0 radical (unpaired) electrons. The fourth-order valence-corrected chi connectivity index (χ4v) is 8.22. The number of carboxylic acid groups (broad SMARTS) is 1. The van der Waals surface area contributed by atoms with Crippen molar-refractivity contribution in [2.75, 3.05) is 32.7 Å². The number of aliphatic imine (C=N–C) groups is 1. The lowest BCUT2D eigenvalue weighted by molar-refractivity contribution is -0.164. The molecule has 6 aliphatic rings. The van der Waals surface area contributed by atoms with Gasteiger partial charge in [-0.15, -0.1) is 11.3 Å². The van der Waals surface area contributed by atoms with E-state index < -0.39 is 17.8 Å². The third-order valence-corrected chi connectivity index (χ3v) is 10.2. The van der Waals surface area contributed by atoms with Gasteiger partial charge in [0.2, 0.25) is 5.91 Å². The van der Waals surface area contributed by atoms with Crippen LogP contribution in [0, 0.1) is 12.7 Å². The number of urea groups is 1. The number of nitrogens with one attached hydrogen (secondary N) is 2. The van der Waals surface area contributed by atoms with Gasteiger partial charge >= 0.3 is 12.0 Å². The van der Waals surface area contributed by atoms with Crippen molar-refractivity contribution in [1.82, 2.24) is 30.3 Å². The highest BCUT2D eigenvalue weighted by Gasteiger charge is 2.73. The smallest absolute Gasteiger partial charge is 0.335 e. The summed E-state index contributed by atoms with van der Waals surface area (Å²) in [6, 6.07) is 3.78. The largest absolute Gasteiger partial charge is 0.478 e. The number of piperazine rings is 1. The molecular formula is C29H32FN7O4S. The van der Waals surface area contributed by atoms with E-state index in [-0.39, 0.29) is 34.6 Å². The Morgan fingerprint density at radius 3 is 2.71 bits per heavy atom. The zero-order valence-electron chi connectivity index (χ0n) is 23.4. The molecule has 3 N–H and O–H groups in total. The van der Waals surface area contributed by atoms with Gasteiger partial charge in [0.15, 0.2) is 10.8 Å². The molecule has 3 saturated carbocycles. The van der Waals surface area contributed by atoms with Crippen LogP contribution in [0.4, 0.5) is 9.18 Å². The maximum Gasteiger partial charge on any atom is 0.335 e. The standard InChI is InChI=1S/C29H32FN7O4S/c1-16-19(4-3-5-20(16)30)23-22(26(39)40)21(32-24(33-23)25-31-6-9-42-25)12-35-7-8-36-18(10-35)11-37(27(36)41)29-13-28(14-29,15-29)34-17(2)38/h3-6,9,18,23H,7-8,10-15H2,1-2H3,(H,32,33)(H,34,38)(H,39,40). The lowest BCUT2D eigenvalue weighted by atomic mass is 9.43. The number of carbonyl (C=O) groups excluding carboxylic acids is 2. The SMILES string of the molecule is CC(=O)NC12CC(N3CC4CN(CC5=C(C(=O)O)C(c6cccc(F)c6C)N=C(c6nccs6)N5)CCN4C3=O)(C1)C2. The summed E-state index contributed by atoms with van der Waals surface area (Å²) in [5.74, 6) is -1.11. The van der Waals surface area contributed by atoms with E-state index in [1.165, 1.54) is 24.3 Å². The molecule has 4 heterocycles. The van der Waals surface area contributed by atoms with Crippen LogP contribution in [0.15, 0.2) is 46.0 Å². The summed E-state index contributed by atoms with van der Waals surface area (Å²) in [6.45, 7) is 5.82. The van der Waals surface area contributed by atoms with Crippen molar-refractivity contribution in [3.63, 3.8) is 0 Å². The van der Waals surface area contributed by atoms with E-state index in [9.17, 15) is 23.9 Å². The van der Waals surface area contributed by atoms with Crippen LogP contribution in [0.3, 0.4) is 0 Å². The Morgan fingerprint density at radius 1 is 1.24 bits per heavy atom. The third kappa shape index (κ3) is 4.20. The summed E-state index contributed by atoms with van der Waals surface area (Å²) in [7, 11) is 0. The number of thiazole rings is 1. The number of hydrogen-bond donors (Lipinski definition) is 3. The number of aromatic nitrogens is 1. The minimum atomic E-state index is -1.12. The van der Waals surface area contributed by atoms with Gasteiger partial charge in [0.25, 0.3) is 0 Å². The van der Waals surface area contributed by atoms with Crippen molar-refractivity contribution < 1.29 is 23.9 Å². The van der Waals surface area contributed by atoms with Gasteiger partial charge in [-0.2, -0.15) is 0 Å². The Hall–Kier alpha value is -3.84. The number of carboxylic acids is 1. The number of rotatable bonds is 7. The van der Waals surface area contributed by atoms with Gasteiger partial charge in [-0.3, -0.25) is 14.7 Å². The molecule has 3 aliphatic heterocycles. The van der Waals surface area contributed by atoms with E-state index in [0.29, 0.717) is 60.4 Å². The third-order valence-electron chi connectivity index (χ3n) is 9.43. The highest BCUT2D eigenvalue weighted by Crippen LogP contribution is 2.64. The molecule has 42 heavy (non-hydrogen) atoms. The zero-order valence-corrected chi connectivity index (χ0v) is 24.2. The van der Waals surface area contributed by atoms with Crippen LogP contribution in [0.1, 0.15) is 48.4 Å². The first-order valence-electron chi connectivity index (χ1n) is 14.1. The molecule has 2 aromatic rings. The minimum absolute atomic E-state index is 0.0113. The van der Waals surface area contributed by atoms with Crippen molar-refractivity contribution in [2.45, 2.75) is 56.3 Å². The molecule has 3 aliphatic carbocycles. The summed E-state index contributed by atoms with van der Waals surface area (Å²) >= 11 is 1.39. The second kappa shape index (κ2) is 9.60. The molecule has 2 saturated heterocycles. The van der Waals surface area contributed by atoms with Crippen molar-refractivity contribution in [3.05, 3.63) is 63.0 Å². The summed E-state index contributed by atoms with van der Waals surface area (Å²) in [4.78, 5) is 52.9. The molecule has 2 bridgehead atoms. The van der Waals surface area contributed by atoms with Crippen LogP contribution in [-0.2, 0) is 9.59 Å². The molecule has 1 aromatic carbocycles. The van der Waals surface area contributed by atoms with Gasteiger partial charge in [-0.25, -0.2) is 19.0 Å². The number of fused-ring (bicyclic) bond motifs is 1. The number of carbonyl (C=O) groups is 3. The maximum absolute atomic E-state index is 14.6. The highest BCUT2D eigenvalue weighted by atomic mass is 32.1. The molecular weight excluding hydrogens is 561 g/mol. The number of amidine groups is 1. The average Bonchev–Trinajstić information content (AvgIpc) is 3.55. The van der Waals surface area contributed by atoms with Gasteiger partial charge in [-0.1, -0.05) is 12.1 Å². The minimum Gasteiger partial charge on any atom is -0.478 e. The van der Waals surface area contributed by atoms with Crippen molar-refractivity contribution in [1.29, 1.82) is 0 Å². The molecule has 5 fully saturated rings. The molecule has 13 heteroatoms. The maximum atomic E-state index is 14.6. The Kier molecular flexibility index (Phi) is 6.17. The second-order valence-electron chi connectivity index (χ2n) is 12.2. The quantitative estimate of drug-likeness (QED) is 0.449. The van der Waals surface area contributed by atoms with Crippen LogP contribution < -0.4 is 10.6 Å². The molecule has 3 amide bonds. The summed E-state index contributed by atoms with van der Waals surface area (Å²) in [5.41, 5.74) is 1.10. The fourth-order valence-electron chi connectivity index (χ4n) is 7.63. The monoisotopic (exact) mass is 593 g/mol. The number of aliphatic carboxylic acids is 1. The Bertz CT molecular complexity index is 1540. The van der Waals surface area contributed by atoms with Crippen LogP contribution in [0.2, 0.25) is 0 Å². The summed E-state index contributed by atoms with van der Waals surface area (Å²) < 4.78 is 14.6. The molecule has 2 atom stereocenters. The van der Waals surface area contributed by atoms with E-state index in [4.69, 9.17) is 4.99 Å². The van der Waals surface area contributed by atoms with Gasteiger partial charge in [0.05, 0.1) is 17.2 Å². The molecule has 11 nitrogen and oxygen atoms in total. The van der Waals surface area contributed by atoms with E-state index in [1.807, 2.05) is 15.2 Å². The van der Waals surface area contributed by atoms with Gasteiger partial charge in [0.1, 0.15) is 11.9 Å². The van der Waals surface area contributed by atoms with E-state index >= 15 is 0 Å². The topological polar surface area (TPSA) is 130 Å². The Morgan fingerprint density at radius 2 is 2.02 bits per heavy atom. The normalized spacial score (nSPS) is 30.3. The zero-order chi connectivity index (χ0) is 29.4. The van der Waals surface area contributed by atoms with Crippen molar-refractivity contribution in [2.24, 2.45) is 4.99 Å². The van der Waals surface area contributed by atoms with Crippen LogP contribution in [0.25, 0.3) is 0 Å². The molecule has 220 valence electrons. The average molecular weight is 594 g/mol. The Labute approximate surface area is 246 Å².